The van der Waals surface area contributed by atoms with Crippen LogP contribution < -0.4 is 10.9 Å². The van der Waals surface area contributed by atoms with Gasteiger partial charge in [-0.05, 0) is 43.0 Å². The number of benzene rings is 1. The number of amides is 1. The quantitative estimate of drug-likeness (QED) is 0.732. The van der Waals surface area contributed by atoms with Gasteiger partial charge in [0.05, 0.1) is 0 Å². The van der Waals surface area contributed by atoms with E-state index in [9.17, 15) is 9.59 Å². The lowest BCUT2D eigenvalue weighted by Crippen LogP contribution is -2.31. The molecule has 0 spiro atoms. The second kappa shape index (κ2) is 6.95. The SMILES string of the molecule is O=C(NCCc1noc(-c2ccccc2)n1)c1cc2c([nH]c1=O)CCC2. The van der Waals surface area contributed by atoms with Crippen LogP contribution in [-0.4, -0.2) is 27.6 Å². The summed E-state index contributed by atoms with van der Waals surface area (Å²) in [4.78, 5) is 31.5. The molecule has 2 aromatic heterocycles. The van der Waals surface area contributed by atoms with Crippen LogP contribution in [0.3, 0.4) is 0 Å². The van der Waals surface area contributed by atoms with Crippen molar-refractivity contribution in [3.05, 3.63) is 69.4 Å². The van der Waals surface area contributed by atoms with Gasteiger partial charge in [-0.15, -0.1) is 0 Å². The number of carbonyl (C=O) groups is 1. The molecule has 1 aliphatic rings. The maximum atomic E-state index is 12.3. The number of rotatable bonds is 5. The number of aryl methyl sites for hydroxylation is 2. The maximum Gasteiger partial charge on any atom is 0.261 e. The van der Waals surface area contributed by atoms with Gasteiger partial charge < -0.3 is 14.8 Å². The van der Waals surface area contributed by atoms with E-state index in [0.29, 0.717) is 24.7 Å². The number of pyridine rings is 1. The van der Waals surface area contributed by atoms with Crippen LogP contribution in [0.2, 0.25) is 0 Å². The molecule has 7 nitrogen and oxygen atoms in total. The van der Waals surface area contributed by atoms with Crippen LogP contribution >= 0.6 is 0 Å². The van der Waals surface area contributed by atoms with Crippen molar-refractivity contribution in [1.82, 2.24) is 20.4 Å². The minimum atomic E-state index is -0.382. The first-order valence-corrected chi connectivity index (χ1v) is 8.62. The summed E-state index contributed by atoms with van der Waals surface area (Å²) >= 11 is 0. The molecule has 0 saturated heterocycles. The van der Waals surface area contributed by atoms with Crippen molar-refractivity contribution in [3.63, 3.8) is 0 Å². The number of nitrogens with zero attached hydrogens (tertiary/aromatic N) is 2. The molecule has 0 atom stereocenters. The number of hydrogen-bond donors (Lipinski definition) is 2. The Balaban J connectivity index is 1.37. The number of hydrogen-bond acceptors (Lipinski definition) is 5. The van der Waals surface area contributed by atoms with E-state index in [1.165, 1.54) is 0 Å². The van der Waals surface area contributed by atoms with Crippen molar-refractivity contribution in [3.8, 4) is 11.5 Å². The fourth-order valence-electron chi connectivity index (χ4n) is 3.12. The van der Waals surface area contributed by atoms with Crippen molar-refractivity contribution in [2.45, 2.75) is 25.7 Å². The van der Waals surface area contributed by atoms with E-state index in [2.05, 4.69) is 20.4 Å². The summed E-state index contributed by atoms with van der Waals surface area (Å²) in [7, 11) is 0. The zero-order valence-electron chi connectivity index (χ0n) is 14.1. The molecular formula is C19H18N4O3. The van der Waals surface area contributed by atoms with Gasteiger partial charge >= 0.3 is 0 Å². The lowest BCUT2D eigenvalue weighted by Gasteiger charge is -2.05. The number of aromatic amines is 1. The molecule has 0 radical (unpaired) electrons. The van der Waals surface area contributed by atoms with Gasteiger partial charge in [0.15, 0.2) is 5.82 Å². The van der Waals surface area contributed by atoms with Gasteiger partial charge in [-0.25, -0.2) is 0 Å². The molecule has 0 bridgehead atoms. The Morgan fingerprint density at radius 3 is 2.92 bits per heavy atom. The Labute approximate surface area is 149 Å². The molecule has 4 rings (SSSR count). The summed E-state index contributed by atoms with van der Waals surface area (Å²) in [6, 6.07) is 11.2. The highest BCUT2D eigenvalue weighted by Gasteiger charge is 2.18. The van der Waals surface area contributed by atoms with Crippen LogP contribution in [0, 0.1) is 0 Å². The van der Waals surface area contributed by atoms with Crippen LogP contribution in [0.4, 0.5) is 0 Å². The largest absolute Gasteiger partial charge is 0.351 e. The van der Waals surface area contributed by atoms with E-state index in [4.69, 9.17) is 4.52 Å². The predicted molar refractivity (Wildman–Crippen MR) is 94.9 cm³/mol. The summed E-state index contributed by atoms with van der Waals surface area (Å²) in [6.45, 7) is 0.323. The molecule has 7 heteroatoms. The van der Waals surface area contributed by atoms with Crippen molar-refractivity contribution < 1.29 is 9.32 Å². The number of H-pyrrole nitrogens is 1. The van der Waals surface area contributed by atoms with Crippen LogP contribution in [0.5, 0.6) is 0 Å². The molecule has 0 unspecified atom stereocenters. The van der Waals surface area contributed by atoms with Gasteiger partial charge in [0.2, 0.25) is 0 Å². The smallest absolute Gasteiger partial charge is 0.261 e. The Hall–Kier alpha value is -3.22. The minimum Gasteiger partial charge on any atom is -0.351 e. The molecule has 0 saturated carbocycles. The molecule has 2 N–H and O–H groups in total. The van der Waals surface area contributed by atoms with E-state index in [1.807, 2.05) is 30.3 Å². The topological polar surface area (TPSA) is 101 Å². The first kappa shape index (κ1) is 16.3. The maximum absolute atomic E-state index is 12.3. The zero-order chi connectivity index (χ0) is 17.9. The van der Waals surface area contributed by atoms with Crippen molar-refractivity contribution in [2.24, 2.45) is 0 Å². The van der Waals surface area contributed by atoms with Crippen LogP contribution in [0.25, 0.3) is 11.5 Å². The lowest BCUT2D eigenvalue weighted by molar-refractivity contribution is 0.0952. The third-order valence-corrected chi connectivity index (χ3v) is 4.46. The average molecular weight is 350 g/mol. The number of nitrogens with one attached hydrogen (secondary N) is 2. The molecular weight excluding hydrogens is 332 g/mol. The molecule has 2 heterocycles. The van der Waals surface area contributed by atoms with Crippen molar-refractivity contribution in [2.75, 3.05) is 6.54 Å². The predicted octanol–water partition coefficient (Wildman–Crippen LogP) is 1.89. The molecule has 1 aromatic carbocycles. The summed E-state index contributed by atoms with van der Waals surface area (Å²) in [5.41, 5.74) is 2.67. The zero-order valence-corrected chi connectivity index (χ0v) is 14.1. The van der Waals surface area contributed by atoms with E-state index in [0.717, 1.165) is 36.1 Å². The van der Waals surface area contributed by atoms with E-state index in [1.54, 1.807) is 6.07 Å². The van der Waals surface area contributed by atoms with Gasteiger partial charge in [-0.3, -0.25) is 9.59 Å². The highest BCUT2D eigenvalue weighted by molar-refractivity contribution is 5.94. The van der Waals surface area contributed by atoms with Gasteiger partial charge in [0, 0.05) is 24.2 Å². The van der Waals surface area contributed by atoms with Crippen molar-refractivity contribution >= 4 is 5.91 Å². The van der Waals surface area contributed by atoms with Crippen LogP contribution in [-0.2, 0) is 19.3 Å². The highest BCUT2D eigenvalue weighted by atomic mass is 16.5. The third-order valence-electron chi connectivity index (χ3n) is 4.46. The average Bonchev–Trinajstić information content (AvgIpc) is 3.30. The summed E-state index contributed by atoms with van der Waals surface area (Å²) in [6.07, 6.45) is 3.20. The van der Waals surface area contributed by atoms with E-state index >= 15 is 0 Å². The molecule has 0 fully saturated rings. The van der Waals surface area contributed by atoms with Crippen LogP contribution in [0.15, 0.2) is 45.7 Å². The Morgan fingerprint density at radius 1 is 1.23 bits per heavy atom. The molecule has 26 heavy (non-hydrogen) atoms. The number of aromatic nitrogens is 3. The van der Waals surface area contributed by atoms with Gasteiger partial charge in [0.25, 0.3) is 17.4 Å². The Kier molecular flexibility index (Phi) is 4.35. The normalized spacial score (nSPS) is 12.8. The van der Waals surface area contributed by atoms with Crippen LogP contribution in [0.1, 0.15) is 33.9 Å². The Bertz CT molecular complexity index is 992. The molecule has 1 aliphatic carbocycles. The minimum absolute atomic E-state index is 0.156. The second-order valence-electron chi connectivity index (χ2n) is 6.26. The fourth-order valence-corrected chi connectivity index (χ4v) is 3.12. The number of fused-ring (bicyclic) bond motifs is 1. The first-order valence-electron chi connectivity index (χ1n) is 8.62. The summed E-state index contributed by atoms with van der Waals surface area (Å²) in [5, 5.41) is 6.67. The summed E-state index contributed by atoms with van der Waals surface area (Å²) in [5.74, 6) is 0.571. The van der Waals surface area contributed by atoms with Crippen molar-refractivity contribution in [1.29, 1.82) is 0 Å². The summed E-state index contributed by atoms with van der Waals surface area (Å²) < 4.78 is 5.23. The first-order chi connectivity index (χ1) is 12.7. The highest BCUT2D eigenvalue weighted by Crippen LogP contribution is 2.19. The number of carbonyl (C=O) groups excluding carboxylic acids is 1. The fraction of sp³-hybridized carbons (Fsp3) is 0.263. The van der Waals surface area contributed by atoms with Gasteiger partial charge in [-0.2, -0.15) is 4.98 Å². The Morgan fingerprint density at radius 2 is 2.08 bits per heavy atom. The van der Waals surface area contributed by atoms with E-state index < -0.39 is 0 Å². The van der Waals surface area contributed by atoms with Gasteiger partial charge in [-0.1, -0.05) is 23.4 Å². The second-order valence-corrected chi connectivity index (χ2v) is 6.26. The van der Waals surface area contributed by atoms with E-state index in [-0.39, 0.29) is 17.0 Å². The molecule has 3 aromatic rings. The molecule has 132 valence electrons. The third kappa shape index (κ3) is 3.28. The molecule has 1 amide bonds. The monoisotopic (exact) mass is 350 g/mol. The standard InChI is InChI=1S/C19H18N4O3/c24-17(14-11-13-7-4-8-15(13)21-18(14)25)20-10-9-16-22-19(26-23-16)12-5-2-1-3-6-12/h1-3,5-6,11H,4,7-10H2,(H,20,24)(H,21,25). The lowest BCUT2D eigenvalue weighted by atomic mass is 10.1. The van der Waals surface area contributed by atoms with Gasteiger partial charge in [0.1, 0.15) is 5.56 Å². The molecule has 0 aliphatic heterocycles.